The molecule has 0 bridgehead atoms. The number of carboxylic acids is 1. The Morgan fingerprint density at radius 1 is 1.04 bits per heavy atom. The van der Waals surface area contributed by atoms with Crippen molar-refractivity contribution in [2.45, 2.75) is 91.4 Å². The van der Waals surface area contributed by atoms with Crippen LogP contribution < -0.4 is 0 Å². The second kappa shape index (κ2) is 9.29. The molecule has 0 atom stereocenters. The van der Waals surface area contributed by atoms with E-state index < -0.39 is 17.4 Å². The lowest BCUT2D eigenvalue weighted by molar-refractivity contribution is -0.170. The number of hydrogen-bond donors (Lipinski definition) is 1. The van der Waals surface area contributed by atoms with Crippen LogP contribution in [0.1, 0.15) is 91.4 Å². The molecule has 134 valence electrons. The smallest absolute Gasteiger partial charge is 0.323 e. The summed E-state index contributed by atoms with van der Waals surface area (Å²) in [6.07, 6.45) is 11.3. The fraction of sp³-hybridized carbons (Fsp3) is 0.895. The number of carbonyl (C=O) groups excluding carboxylic acids is 1. The molecule has 23 heavy (non-hydrogen) atoms. The van der Waals surface area contributed by atoms with Gasteiger partial charge in [0.1, 0.15) is 0 Å². The van der Waals surface area contributed by atoms with Crippen molar-refractivity contribution in [3.63, 3.8) is 0 Å². The summed E-state index contributed by atoms with van der Waals surface area (Å²) in [4.78, 5) is 23.8. The summed E-state index contributed by atoms with van der Waals surface area (Å²) < 4.78 is 5.44. The highest BCUT2D eigenvalue weighted by molar-refractivity contribution is 5.99. The molecule has 0 heterocycles. The number of ether oxygens (including phenoxy) is 1. The van der Waals surface area contributed by atoms with Crippen molar-refractivity contribution in [2.75, 3.05) is 6.61 Å². The minimum Gasteiger partial charge on any atom is -0.480 e. The molecule has 0 aromatic rings. The van der Waals surface area contributed by atoms with Crippen LogP contribution in [0, 0.1) is 10.8 Å². The number of esters is 1. The van der Waals surface area contributed by atoms with E-state index in [1.807, 2.05) is 0 Å². The van der Waals surface area contributed by atoms with Crippen LogP contribution in [0.15, 0.2) is 0 Å². The molecule has 4 heteroatoms. The first-order valence-electron chi connectivity index (χ1n) is 9.37. The number of rotatable bonds is 10. The van der Waals surface area contributed by atoms with E-state index in [-0.39, 0.29) is 12.8 Å². The molecule has 0 saturated heterocycles. The maximum Gasteiger partial charge on any atom is 0.323 e. The predicted molar refractivity (Wildman–Crippen MR) is 91.3 cm³/mol. The lowest BCUT2D eigenvalue weighted by Gasteiger charge is -2.37. The first-order valence-corrected chi connectivity index (χ1v) is 9.37. The zero-order valence-electron chi connectivity index (χ0n) is 15.2. The molecule has 1 rings (SSSR count). The molecule has 1 fully saturated rings. The SMILES string of the molecule is CCCCC1(CCOC(=O)C(CC)(CC)C(=O)O)CCCCC1. The fourth-order valence-electron chi connectivity index (χ4n) is 3.91. The van der Waals surface area contributed by atoms with Gasteiger partial charge in [-0.1, -0.05) is 52.9 Å². The molecule has 0 amide bonds. The van der Waals surface area contributed by atoms with Gasteiger partial charge in [0.25, 0.3) is 0 Å². The van der Waals surface area contributed by atoms with Gasteiger partial charge < -0.3 is 9.84 Å². The van der Waals surface area contributed by atoms with Crippen LogP contribution in [0.3, 0.4) is 0 Å². The minimum atomic E-state index is -1.37. The first-order chi connectivity index (χ1) is 11.0. The molecular weight excluding hydrogens is 292 g/mol. The Hall–Kier alpha value is -1.06. The number of carbonyl (C=O) groups is 2. The van der Waals surface area contributed by atoms with E-state index in [2.05, 4.69) is 6.92 Å². The second-order valence-corrected chi connectivity index (χ2v) is 7.14. The highest BCUT2D eigenvalue weighted by Gasteiger charge is 2.44. The van der Waals surface area contributed by atoms with Gasteiger partial charge in [-0.2, -0.15) is 0 Å². The summed E-state index contributed by atoms with van der Waals surface area (Å²) in [5, 5.41) is 9.41. The Labute approximate surface area is 141 Å². The van der Waals surface area contributed by atoms with Crippen molar-refractivity contribution in [1.82, 2.24) is 0 Å². The van der Waals surface area contributed by atoms with E-state index in [4.69, 9.17) is 4.74 Å². The summed E-state index contributed by atoms with van der Waals surface area (Å²) in [5.74, 6) is -1.62. The Morgan fingerprint density at radius 2 is 1.65 bits per heavy atom. The predicted octanol–water partition coefficient (Wildman–Crippen LogP) is 4.95. The summed E-state index contributed by atoms with van der Waals surface area (Å²) >= 11 is 0. The van der Waals surface area contributed by atoms with E-state index >= 15 is 0 Å². The van der Waals surface area contributed by atoms with Crippen LogP contribution in [-0.2, 0) is 14.3 Å². The highest BCUT2D eigenvalue weighted by atomic mass is 16.5. The third kappa shape index (κ3) is 4.95. The molecule has 1 N–H and O–H groups in total. The van der Waals surface area contributed by atoms with Gasteiger partial charge in [0, 0.05) is 0 Å². The number of hydrogen-bond acceptors (Lipinski definition) is 3. The van der Waals surface area contributed by atoms with Crippen LogP contribution in [0.4, 0.5) is 0 Å². The van der Waals surface area contributed by atoms with Crippen molar-refractivity contribution in [2.24, 2.45) is 10.8 Å². The second-order valence-electron chi connectivity index (χ2n) is 7.14. The normalized spacial score (nSPS) is 17.7. The van der Waals surface area contributed by atoms with Gasteiger partial charge in [0.15, 0.2) is 5.41 Å². The van der Waals surface area contributed by atoms with Crippen molar-refractivity contribution >= 4 is 11.9 Å². The van der Waals surface area contributed by atoms with Crippen molar-refractivity contribution in [1.29, 1.82) is 0 Å². The first kappa shape index (κ1) is 20.0. The summed E-state index contributed by atoms with van der Waals surface area (Å²) in [7, 11) is 0. The third-order valence-electron chi connectivity index (χ3n) is 5.85. The molecule has 0 aliphatic heterocycles. The molecule has 0 aromatic heterocycles. The average Bonchev–Trinajstić information content (AvgIpc) is 2.55. The van der Waals surface area contributed by atoms with E-state index in [1.165, 1.54) is 51.4 Å². The fourth-order valence-corrected chi connectivity index (χ4v) is 3.91. The molecule has 1 aliphatic rings. The van der Waals surface area contributed by atoms with Crippen LogP contribution >= 0.6 is 0 Å². The van der Waals surface area contributed by atoms with Crippen LogP contribution in [0.25, 0.3) is 0 Å². The zero-order chi connectivity index (χ0) is 17.3. The van der Waals surface area contributed by atoms with Gasteiger partial charge >= 0.3 is 11.9 Å². The Bertz CT molecular complexity index is 379. The Kier molecular flexibility index (Phi) is 8.07. The lowest BCUT2D eigenvalue weighted by Crippen LogP contribution is -2.40. The van der Waals surface area contributed by atoms with Gasteiger partial charge in [-0.3, -0.25) is 9.59 Å². The number of unbranched alkanes of at least 4 members (excludes halogenated alkanes) is 1. The summed E-state index contributed by atoms with van der Waals surface area (Å²) in [5.41, 5.74) is -1.07. The highest BCUT2D eigenvalue weighted by Crippen LogP contribution is 2.43. The van der Waals surface area contributed by atoms with E-state index in [1.54, 1.807) is 13.8 Å². The maximum atomic E-state index is 12.3. The van der Waals surface area contributed by atoms with Crippen molar-refractivity contribution in [3.05, 3.63) is 0 Å². The van der Waals surface area contributed by atoms with Gasteiger partial charge in [0.05, 0.1) is 6.61 Å². The maximum absolute atomic E-state index is 12.3. The van der Waals surface area contributed by atoms with E-state index in [0.29, 0.717) is 12.0 Å². The van der Waals surface area contributed by atoms with Gasteiger partial charge in [-0.25, -0.2) is 0 Å². The third-order valence-corrected chi connectivity index (χ3v) is 5.85. The molecule has 0 aromatic carbocycles. The zero-order valence-corrected chi connectivity index (χ0v) is 15.2. The quantitative estimate of drug-likeness (QED) is 0.455. The number of aliphatic carboxylic acids is 1. The van der Waals surface area contributed by atoms with Gasteiger partial charge in [-0.15, -0.1) is 0 Å². The average molecular weight is 326 g/mol. The van der Waals surface area contributed by atoms with Crippen LogP contribution in [0.2, 0.25) is 0 Å². The van der Waals surface area contributed by atoms with Gasteiger partial charge in [-0.05, 0) is 43.9 Å². The van der Waals surface area contributed by atoms with Crippen molar-refractivity contribution in [3.8, 4) is 0 Å². The molecule has 0 radical (unpaired) electrons. The topological polar surface area (TPSA) is 63.6 Å². The summed E-state index contributed by atoms with van der Waals surface area (Å²) in [6.45, 7) is 6.04. The van der Waals surface area contributed by atoms with Crippen LogP contribution in [-0.4, -0.2) is 23.7 Å². The molecule has 0 spiro atoms. The summed E-state index contributed by atoms with van der Waals surface area (Å²) in [6, 6.07) is 0. The monoisotopic (exact) mass is 326 g/mol. The molecule has 1 saturated carbocycles. The van der Waals surface area contributed by atoms with Crippen LogP contribution in [0.5, 0.6) is 0 Å². The van der Waals surface area contributed by atoms with E-state index in [0.717, 1.165) is 6.42 Å². The van der Waals surface area contributed by atoms with Crippen molar-refractivity contribution < 1.29 is 19.4 Å². The lowest BCUT2D eigenvalue weighted by atomic mass is 9.69. The largest absolute Gasteiger partial charge is 0.480 e. The molecule has 4 nitrogen and oxygen atoms in total. The molecular formula is C19H34O4. The van der Waals surface area contributed by atoms with Gasteiger partial charge in [0.2, 0.25) is 0 Å². The minimum absolute atomic E-state index is 0.276. The Balaban J connectivity index is 2.61. The van der Waals surface area contributed by atoms with E-state index in [9.17, 15) is 14.7 Å². The Morgan fingerprint density at radius 3 is 2.13 bits per heavy atom. The molecule has 0 unspecified atom stereocenters. The standard InChI is InChI=1S/C19H34O4/c1-4-7-11-18(12-9-8-10-13-18)14-15-23-17(22)19(5-2,6-3)16(20)21/h4-15H2,1-3H3,(H,20,21). The number of carboxylic acid groups (broad SMARTS) is 1. The molecule has 1 aliphatic carbocycles.